The molecule has 1 amide bonds. The summed E-state index contributed by atoms with van der Waals surface area (Å²) in [7, 11) is 0. The predicted molar refractivity (Wildman–Crippen MR) is 62.3 cm³/mol. The van der Waals surface area contributed by atoms with E-state index in [0.29, 0.717) is 29.0 Å². The van der Waals surface area contributed by atoms with E-state index in [1.54, 1.807) is 24.3 Å². The maximum Gasteiger partial charge on any atom is 0.251 e. The van der Waals surface area contributed by atoms with Crippen LogP contribution in [0.3, 0.4) is 0 Å². The van der Waals surface area contributed by atoms with Crippen molar-refractivity contribution in [3.63, 3.8) is 0 Å². The number of nitriles is 1. The van der Waals surface area contributed by atoms with Crippen molar-refractivity contribution < 1.29 is 4.79 Å². The Labute approximate surface area is 99.6 Å². The van der Waals surface area contributed by atoms with Crippen molar-refractivity contribution in [2.45, 2.75) is 6.04 Å². The van der Waals surface area contributed by atoms with Gasteiger partial charge in [-0.05, 0) is 30.0 Å². The van der Waals surface area contributed by atoms with Crippen LogP contribution < -0.4 is 10.6 Å². The van der Waals surface area contributed by atoms with Crippen LogP contribution in [0.1, 0.15) is 15.9 Å². The Morgan fingerprint density at radius 3 is 2.88 bits per heavy atom. The molecule has 2 N–H and O–H groups in total. The molecule has 1 saturated heterocycles. The fraction of sp³-hybridized carbons (Fsp3) is 0.385. The first-order valence-electron chi connectivity index (χ1n) is 5.81. The van der Waals surface area contributed by atoms with Crippen LogP contribution in [0.5, 0.6) is 0 Å². The third kappa shape index (κ3) is 1.79. The number of carbonyl (C=O) groups is 1. The Balaban J connectivity index is 1.68. The molecule has 1 aliphatic heterocycles. The average molecular weight is 227 g/mol. The number of carbonyl (C=O) groups excluding carboxylic acids is 1. The lowest BCUT2D eigenvalue weighted by molar-refractivity contribution is 0.0946. The average Bonchev–Trinajstić information content (AvgIpc) is 2.80. The monoisotopic (exact) mass is 227 g/mol. The lowest BCUT2D eigenvalue weighted by atomic mass is 10.1. The van der Waals surface area contributed by atoms with Crippen molar-refractivity contribution >= 4 is 5.91 Å². The van der Waals surface area contributed by atoms with Crippen molar-refractivity contribution in [3.8, 4) is 6.07 Å². The number of nitrogens with zero attached hydrogens (tertiary/aromatic N) is 1. The number of piperidine rings is 1. The smallest absolute Gasteiger partial charge is 0.251 e. The lowest BCUT2D eigenvalue weighted by Gasteiger charge is -2.07. The van der Waals surface area contributed by atoms with Gasteiger partial charge in [0.05, 0.1) is 11.6 Å². The van der Waals surface area contributed by atoms with Crippen LogP contribution in [-0.4, -0.2) is 25.0 Å². The van der Waals surface area contributed by atoms with Gasteiger partial charge in [-0.15, -0.1) is 0 Å². The van der Waals surface area contributed by atoms with E-state index >= 15 is 0 Å². The molecule has 1 aromatic carbocycles. The third-order valence-electron chi connectivity index (χ3n) is 3.64. The molecule has 2 fully saturated rings. The number of fused-ring (bicyclic) bond motifs is 1. The summed E-state index contributed by atoms with van der Waals surface area (Å²) in [5.74, 6) is 1.15. The standard InChI is InChI=1S/C13H13N3O/c14-5-8-2-1-3-9(4-8)13(17)16-12-10-6-15-7-11(10)12/h1-4,10-12,15H,6-7H2,(H,16,17). The van der Waals surface area contributed by atoms with Gasteiger partial charge < -0.3 is 10.6 Å². The van der Waals surface area contributed by atoms with Crippen LogP contribution in [0, 0.1) is 23.2 Å². The predicted octanol–water partition coefficient (Wildman–Crippen LogP) is 0.506. The second kappa shape index (κ2) is 3.86. The van der Waals surface area contributed by atoms with Gasteiger partial charge in [0.15, 0.2) is 0 Å². The van der Waals surface area contributed by atoms with Gasteiger partial charge in [-0.25, -0.2) is 0 Å². The van der Waals surface area contributed by atoms with Crippen molar-refractivity contribution in [2.24, 2.45) is 11.8 Å². The lowest BCUT2D eigenvalue weighted by Crippen LogP contribution is -2.32. The second-order valence-corrected chi connectivity index (χ2v) is 4.68. The Kier molecular flexibility index (Phi) is 2.34. The quantitative estimate of drug-likeness (QED) is 0.773. The first-order chi connectivity index (χ1) is 8.29. The summed E-state index contributed by atoms with van der Waals surface area (Å²) in [5, 5.41) is 15.1. The molecule has 1 heterocycles. The highest BCUT2D eigenvalue weighted by Gasteiger charge is 2.53. The third-order valence-corrected chi connectivity index (χ3v) is 3.64. The van der Waals surface area contributed by atoms with Crippen molar-refractivity contribution in [2.75, 3.05) is 13.1 Å². The summed E-state index contributed by atoms with van der Waals surface area (Å²) in [4.78, 5) is 12.0. The maximum absolute atomic E-state index is 12.0. The number of amides is 1. The molecular weight excluding hydrogens is 214 g/mol. The molecule has 1 aromatic rings. The summed E-state index contributed by atoms with van der Waals surface area (Å²) >= 11 is 0. The van der Waals surface area contributed by atoms with E-state index in [9.17, 15) is 4.79 Å². The van der Waals surface area contributed by atoms with E-state index in [1.165, 1.54) is 0 Å². The Bertz CT molecular complexity index is 496. The topological polar surface area (TPSA) is 64.9 Å². The van der Waals surface area contributed by atoms with Gasteiger partial charge in [0.25, 0.3) is 5.91 Å². The molecule has 0 aromatic heterocycles. The van der Waals surface area contributed by atoms with Crippen molar-refractivity contribution in [1.82, 2.24) is 10.6 Å². The number of nitrogens with one attached hydrogen (secondary N) is 2. The van der Waals surface area contributed by atoms with E-state index in [-0.39, 0.29) is 5.91 Å². The second-order valence-electron chi connectivity index (χ2n) is 4.68. The highest BCUT2D eigenvalue weighted by molar-refractivity contribution is 5.95. The van der Waals surface area contributed by atoms with Gasteiger partial charge in [0, 0.05) is 24.7 Å². The molecule has 86 valence electrons. The highest BCUT2D eigenvalue weighted by Crippen LogP contribution is 2.41. The molecule has 4 heteroatoms. The van der Waals surface area contributed by atoms with Gasteiger partial charge in [-0.1, -0.05) is 6.07 Å². The molecule has 17 heavy (non-hydrogen) atoms. The highest BCUT2D eigenvalue weighted by atomic mass is 16.1. The molecule has 4 nitrogen and oxygen atoms in total. The molecule has 2 atom stereocenters. The molecular formula is C13H13N3O. The zero-order valence-electron chi connectivity index (χ0n) is 9.31. The van der Waals surface area contributed by atoms with Crippen LogP contribution in [0.4, 0.5) is 0 Å². The largest absolute Gasteiger partial charge is 0.349 e. The van der Waals surface area contributed by atoms with Gasteiger partial charge >= 0.3 is 0 Å². The van der Waals surface area contributed by atoms with Crippen LogP contribution in [0.2, 0.25) is 0 Å². The van der Waals surface area contributed by atoms with Gasteiger partial charge in [-0.2, -0.15) is 5.26 Å². The molecule has 1 aliphatic carbocycles. The summed E-state index contributed by atoms with van der Waals surface area (Å²) in [6.45, 7) is 2.02. The van der Waals surface area contributed by atoms with E-state index in [1.807, 2.05) is 6.07 Å². The first kappa shape index (κ1) is 10.3. The molecule has 0 bridgehead atoms. The molecule has 3 rings (SSSR count). The van der Waals surface area contributed by atoms with E-state index in [2.05, 4.69) is 10.6 Å². The van der Waals surface area contributed by atoms with Gasteiger partial charge in [-0.3, -0.25) is 4.79 Å². The normalized spacial score (nSPS) is 29.2. The number of hydrogen-bond acceptors (Lipinski definition) is 3. The molecule has 2 aliphatic rings. The molecule has 0 spiro atoms. The summed E-state index contributed by atoms with van der Waals surface area (Å²) in [6, 6.07) is 9.18. The minimum atomic E-state index is -0.0681. The summed E-state index contributed by atoms with van der Waals surface area (Å²) in [6.07, 6.45) is 0. The van der Waals surface area contributed by atoms with Crippen LogP contribution in [-0.2, 0) is 0 Å². The van der Waals surface area contributed by atoms with Gasteiger partial charge in [0.2, 0.25) is 0 Å². The molecule has 2 unspecified atom stereocenters. The number of hydrogen-bond donors (Lipinski definition) is 2. The van der Waals surface area contributed by atoms with Crippen LogP contribution in [0.15, 0.2) is 24.3 Å². The van der Waals surface area contributed by atoms with Crippen molar-refractivity contribution in [3.05, 3.63) is 35.4 Å². The number of benzene rings is 1. The maximum atomic E-state index is 12.0. The zero-order chi connectivity index (χ0) is 11.8. The SMILES string of the molecule is N#Cc1cccc(C(=O)NC2C3CNCC32)c1. The summed E-state index contributed by atoms with van der Waals surface area (Å²) < 4.78 is 0. The molecule has 0 radical (unpaired) electrons. The van der Waals surface area contributed by atoms with E-state index in [4.69, 9.17) is 5.26 Å². The van der Waals surface area contributed by atoms with Crippen molar-refractivity contribution in [1.29, 1.82) is 5.26 Å². The molecule has 1 saturated carbocycles. The Morgan fingerprint density at radius 2 is 2.18 bits per heavy atom. The first-order valence-corrected chi connectivity index (χ1v) is 5.81. The minimum Gasteiger partial charge on any atom is -0.349 e. The fourth-order valence-corrected chi connectivity index (χ4v) is 2.60. The van der Waals surface area contributed by atoms with E-state index < -0.39 is 0 Å². The van der Waals surface area contributed by atoms with Crippen LogP contribution >= 0.6 is 0 Å². The van der Waals surface area contributed by atoms with Crippen LogP contribution in [0.25, 0.3) is 0 Å². The summed E-state index contributed by atoms with van der Waals surface area (Å²) in [5.41, 5.74) is 1.09. The Hall–Kier alpha value is -1.86. The van der Waals surface area contributed by atoms with Gasteiger partial charge in [0.1, 0.15) is 0 Å². The number of rotatable bonds is 2. The fourth-order valence-electron chi connectivity index (χ4n) is 2.60. The Morgan fingerprint density at radius 1 is 1.41 bits per heavy atom. The zero-order valence-corrected chi connectivity index (χ0v) is 9.31. The minimum absolute atomic E-state index is 0.0681. The van der Waals surface area contributed by atoms with E-state index in [0.717, 1.165) is 13.1 Å².